The van der Waals surface area contributed by atoms with Crippen LogP contribution in [0.3, 0.4) is 0 Å². The summed E-state index contributed by atoms with van der Waals surface area (Å²) in [5.74, 6) is -0.0704. The quantitative estimate of drug-likeness (QED) is 0.421. The molecule has 2 N–H and O–H groups in total. The largest absolute Gasteiger partial charge is 0.495 e. The van der Waals surface area contributed by atoms with E-state index in [4.69, 9.17) is 9.15 Å². The van der Waals surface area contributed by atoms with Crippen LogP contribution in [-0.4, -0.2) is 24.6 Å². The van der Waals surface area contributed by atoms with Crippen LogP contribution in [0.4, 0.5) is 5.69 Å². The molecule has 0 radical (unpaired) electrons. The van der Waals surface area contributed by atoms with E-state index in [1.165, 1.54) is 25.1 Å². The molecule has 0 aliphatic carbocycles. The number of thioether (sulfide) groups is 1. The van der Waals surface area contributed by atoms with Gasteiger partial charge < -0.3 is 19.8 Å². The molecular formula is C27H23N3O4S. The second-order valence-corrected chi connectivity index (χ2v) is 8.68. The molecule has 1 amide bonds. The smallest absolute Gasteiger partial charge is 0.254 e. The lowest BCUT2D eigenvalue weighted by molar-refractivity contribution is -0.113. The van der Waals surface area contributed by atoms with Crippen LogP contribution in [0.1, 0.15) is 29.0 Å². The van der Waals surface area contributed by atoms with E-state index in [2.05, 4.69) is 16.7 Å². The summed E-state index contributed by atoms with van der Waals surface area (Å²) in [4.78, 5) is 26.1. The van der Waals surface area contributed by atoms with E-state index in [0.717, 1.165) is 0 Å². The minimum atomic E-state index is -0.736. The summed E-state index contributed by atoms with van der Waals surface area (Å²) in [5.41, 5.74) is 2.33. The first-order chi connectivity index (χ1) is 17.0. The lowest BCUT2D eigenvalue weighted by Crippen LogP contribution is -2.30. The Hall–Kier alpha value is -4.22. The number of anilines is 1. The van der Waals surface area contributed by atoms with Gasteiger partial charge in [0.25, 0.3) is 5.91 Å². The highest BCUT2D eigenvalue weighted by atomic mass is 32.2. The third-order valence-corrected chi connectivity index (χ3v) is 6.54. The lowest BCUT2D eigenvalue weighted by Gasteiger charge is -2.28. The fourth-order valence-corrected chi connectivity index (χ4v) is 4.84. The van der Waals surface area contributed by atoms with E-state index in [0.29, 0.717) is 44.6 Å². The van der Waals surface area contributed by atoms with Gasteiger partial charge in [0, 0.05) is 11.3 Å². The Kier molecular flexibility index (Phi) is 7.38. The maximum Gasteiger partial charge on any atom is 0.254 e. The molecule has 35 heavy (non-hydrogen) atoms. The summed E-state index contributed by atoms with van der Waals surface area (Å²) in [6.07, 6.45) is 1.50. The van der Waals surface area contributed by atoms with Crippen molar-refractivity contribution in [1.29, 1.82) is 5.26 Å². The number of ether oxygens (including phenoxy) is 1. The number of dihydropyridines is 1. The molecule has 1 aliphatic rings. The Bertz CT molecular complexity index is 1340. The molecule has 0 bridgehead atoms. The van der Waals surface area contributed by atoms with Gasteiger partial charge in [0.15, 0.2) is 5.78 Å². The minimum absolute atomic E-state index is 0.0573. The number of nitrogens with zero attached hydrogens (tertiary/aromatic N) is 1. The summed E-state index contributed by atoms with van der Waals surface area (Å²) >= 11 is 1.23. The highest BCUT2D eigenvalue weighted by Crippen LogP contribution is 2.41. The van der Waals surface area contributed by atoms with Gasteiger partial charge in [-0.15, -0.1) is 0 Å². The Labute approximate surface area is 207 Å². The van der Waals surface area contributed by atoms with Crippen molar-refractivity contribution in [3.63, 3.8) is 0 Å². The molecule has 3 aromatic rings. The Balaban J connectivity index is 1.65. The van der Waals surface area contributed by atoms with E-state index < -0.39 is 11.8 Å². The van der Waals surface area contributed by atoms with Crippen molar-refractivity contribution in [2.45, 2.75) is 12.8 Å². The summed E-state index contributed by atoms with van der Waals surface area (Å²) in [7, 11) is 1.53. The van der Waals surface area contributed by atoms with Crippen LogP contribution in [-0.2, 0) is 4.79 Å². The van der Waals surface area contributed by atoms with Crippen molar-refractivity contribution in [1.82, 2.24) is 5.32 Å². The first-order valence-electron chi connectivity index (χ1n) is 10.8. The molecule has 176 valence electrons. The van der Waals surface area contributed by atoms with Crippen LogP contribution in [0, 0.1) is 11.3 Å². The number of allylic oxidation sites excluding steroid dienone is 2. The number of hydrogen-bond acceptors (Lipinski definition) is 7. The number of furan rings is 1. The van der Waals surface area contributed by atoms with Crippen LogP contribution in [0.25, 0.3) is 0 Å². The molecule has 8 heteroatoms. The standard InChI is InChI=1S/C27H23N3O4S/c1-17-24(26(32)30-20-11-6-7-12-22(20)33-2)25(23-13-8-14-34-23)19(15-28)27(29-17)35-16-21(31)18-9-4-3-5-10-18/h3-14,25,29H,16H2,1-2H3,(H,30,32). The maximum absolute atomic E-state index is 13.5. The van der Waals surface area contributed by atoms with Gasteiger partial charge in [0.2, 0.25) is 0 Å². The summed E-state index contributed by atoms with van der Waals surface area (Å²) in [6, 6.07) is 21.7. The van der Waals surface area contributed by atoms with Crippen LogP contribution < -0.4 is 15.4 Å². The monoisotopic (exact) mass is 485 g/mol. The molecule has 1 aliphatic heterocycles. The number of Topliss-reactive ketones (excluding diaryl/α,β-unsaturated/α-hetero) is 1. The van der Waals surface area contributed by atoms with E-state index in [-0.39, 0.29) is 11.5 Å². The number of benzene rings is 2. The van der Waals surface area contributed by atoms with E-state index >= 15 is 0 Å². The van der Waals surface area contributed by atoms with Crippen molar-refractivity contribution < 1.29 is 18.7 Å². The van der Waals surface area contributed by atoms with Crippen molar-refractivity contribution >= 4 is 29.1 Å². The van der Waals surface area contributed by atoms with Crippen LogP contribution in [0.2, 0.25) is 0 Å². The van der Waals surface area contributed by atoms with Crippen molar-refractivity contribution in [2.75, 3.05) is 18.2 Å². The van der Waals surface area contributed by atoms with Crippen molar-refractivity contribution in [3.05, 3.63) is 106 Å². The molecule has 2 aromatic carbocycles. The predicted molar refractivity (Wildman–Crippen MR) is 135 cm³/mol. The lowest BCUT2D eigenvalue weighted by atomic mass is 9.85. The minimum Gasteiger partial charge on any atom is -0.495 e. The molecule has 1 aromatic heterocycles. The van der Waals surface area contributed by atoms with Gasteiger partial charge in [-0.2, -0.15) is 5.26 Å². The molecule has 0 fully saturated rings. The Morgan fingerprint density at radius 2 is 1.86 bits per heavy atom. The summed E-state index contributed by atoms with van der Waals surface area (Å²) in [5, 5.41) is 16.7. The Morgan fingerprint density at radius 3 is 2.54 bits per heavy atom. The summed E-state index contributed by atoms with van der Waals surface area (Å²) in [6.45, 7) is 1.76. The molecule has 0 saturated carbocycles. The first-order valence-corrected chi connectivity index (χ1v) is 11.8. The van der Waals surface area contributed by atoms with Gasteiger partial charge in [-0.3, -0.25) is 9.59 Å². The molecule has 1 unspecified atom stereocenters. The first kappa shape index (κ1) is 23.9. The fraction of sp³-hybridized carbons (Fsp3) is 0.148. The number of carbonyl (C=O) groups is 2. The number of methoxy groups -OCH3 is 1. The second kappa shape index (κ2) is 10.8. The zero-order chi connectivity index (χ0) is 24.8. The Morgan fingerprint density at radius 1 is 1.11 bits per heavy atom. The SMILES string of the molecule is COc1ccccc1NC(=O)C1=C(C)NC(SCC(=O)c2ccccc2)=C(C#N)C1c1ccco1. The molecule has 7 nitrogen and oxygen atoms in total. The van der Waals surface area contributed by atoms with Gasteiger partial charge in [0.1, 0.15) is 11.5 Å². The molecule has 1 atom stereocenters. The highest BCUT2D eigenvalue weighted by molar-refractivity contribution is 8.03. The van der Waals surface area contributed by atoms with Crippen LogP contribution >= 0.6 is 11.8 Å². The molecule has 0 spiro atoms. The maximum atomic E-state index is 13.5. The highest BCUT2D eigenvalue weighted by Gasteiger charge is 2.36. The van der Waals surface area contributed by atoms with Crippen molar-refractivity contribution in [2.24, 2.45) is 0 Å². The van der Waals surface area contributed by atoms with Crippen LogP contribution in [0.5, 0.6) is 5.75 Å². The number of nitrogens with one attached hydrogen (secondary N) is 2. The predicted octanol–water partition coefficient (Wildman–Crippen LogP) is 5.24. The second-order valence-electron chi connectivity index (χ2n) is 7.70. The van der Waals surface area contributed by atoms with Crippen LogP contribution in [0.15, 0.2) is 99.3 Å². The number of hydrogen-bond donors (Lipinski definition) is 2. The van der Waals surface area contributed by atoms with Gasteiger partial charge in [-0.25, -0.2) is 0 Å². The van der Waals surface area contributed by atoms with Gasteiger partial charge in [-0.1, -0.05) is 54.2 Å². The molecule has 0 saturated heterocycles. The fourth-order valence-electron chi connectivity index (χ4n) is 3.85. The number of rotatable bonds is 8. The molecular weight excluding hydrogens is 462 g/mol. The molecule has 4 rings (SSSR count). The normalized spacial score (nSPS) is 15.3. The zero-order valence-corrected chi connectivity index (χ0v) is 20.0. The topological polar surface area (TPSA) is 104 Å². The number of para-hydroxylation sites is 2. The van der Waals surface area contributed by atoms with E-state index in [1.54, 1.807) is 49.4 Å². The number of nitriles is 1. The van der Waals surface area contributed by atoms with E-state index in [1.807, 2.05) is 24.3 Å². The average Bonchev–Trinajstić information content (AvgIpc) is 3.42. The van der Waals surface area contributed by atoms with Crippen molar-refractivity contribution in [3.8, 4) is 11.8 Å². The third kappa shape index (κ3) is 5.15. The van der Waals surface area contributed by atoms with Gasteiger partial charge >= 0.3 is 0 Å². The zero-order valence-electron chi connectivity index (χ0n) is 19.2. The number of carbonyl (C=O) groups excluding carboxylic acids is 2. The summed E-state index contributed by atoms with van der Waals surface area (Å²) < 4.78 is 11.0. The molecule has 2 heterocycles. The van der Waals surface area contributed by atoms with Gasteiger partial charge in [0.05, 0.1) is 53.0 Å². The van der Waals surface area contributed by atoms with E-state index in [9.17, 15) is 14.9 Å². The number of ketones is 1. The average molecular weight is 486 g/mol. The number of amides is 1. The third-order valence-electron chi connectivity index (χ3n) is 5.52. The van der Waals surface area contributed by atoms with Gasteiger partial charge in [-0.05, 0) is 31.2 Å².